The van der Waals surface area contributed by atoms with Gasteiger partial charge in [0.25, 0.3) is 0 Å². The number of benzene rings is 2. The number of nitriles is 1. The van der Waals surface area contributed by atoms with Crippen LogP contribution >= 0.6 is 0 Å². The first-order valence-corrected chi connectivity index (χ1v) is 8.71. The summed E-state index contributed by atoms with van der Waals surface area (Å²) in [5.41, 5.74) is 10.6. The van der Waals surface area contributed by atoms with Gasteiger partial charge >= 0.3 is 11.9 Å². The van der Waals surface area contributed by atoms with Crippen molar-refractivity contribution >= 4 is 11.9 Å². The molecule has 0 aliphatic rings. The minimum absolute atomic E-state index is 0.0466. The van der Waals surface area contributed by atoms with Crippen LogP contribution < -0.4 is 5.73 Å². The second kappa shape index (κ2) is 11.3. The Labute approximate surface area is 164 Å². The quantitative estimate of drug-likeness (QED) is 0.659. The normalized spacial score (nSPS) is 11.4. The first-order valence-electron chi connectivity index (χ1n) is 8.71. The molecule has 6 heteroatoms. The Morgan fingerprint density at radius 3 is 2.21 bits per heavy atom. The monoisotopic (exact) mass is 380 g/mol. The zero-order valence-electron chi connectivity index (χ0n) is 15.9. The summed E-state index contributed by atoms with van der Waals surface area (Å²) >= 11 is 0. The van der Waals surface area contributed by atoms with E-state index in [4.69, 9.17) is 21.2 Å². The maximum absolute atomic E-state index is 9.55. The molecule has 0 aromatic heterocycles. The fourth-order valence-corrected chi connectivity index (χ4v) is 2.49. The van der Waals surface area contributed by atoms with Gasteiger partial charge in [0.05, 0.1) is 11.6 Å². The van der Waals surface area contributed by atoms with Gasteiger partial charge in [-0.2, -0.15) is 5.26 Å². The molecule has 0 radical (unpaired) electrons. The van der Waals surface area contributed by atoms with Gasteiger partial charge in [-0.05, 0) is 41.2 Å². The van der Waals surface area contributed by atoms with E-state index >= 15 is 0 Å². The summed E-state index contributed by atoms with van der Waals surface area (Å²) < 4.78 is 0. The van der Waals surface area contributed by atoms with Crippen LogP contribution in [0.15, 0.2) is 60.7 Å². The van der Waals surface area contributed by atoms with Crippen LogP contribution in [-0.2, 0) is 16.0 Å². The van der Waals surface area contributed by atoms with Gasteiger partial charge in [-0.3, -0.25) is 0 Å². The predicted octanol–water partition coefficient (Wildman–Crippen LogP) is 3.52. The average Bonchev–Trinajstić information content (AvgIpc) is 2.67. The van der Waals surface area contributed by atoms with E-state index in [1.165, 1.54) is 11.1 Å². The van der Waals surface area contributed by atoms with E-state index in [2.05, 4.69) is 38.1 Å². The van der Waals surface area contributed by atoms with Crippen LogP contribution in [0.1, 0.15) is 42.1 Å². The highest BCUT2D eigenvalue weighted by atomic mass is 16.4. The van der Waals surface area contributed by atoms with Crippen LogP contribution in [0.25, 0.3) is 0 Å². The highest BCUT2D eigenvalue weighted by molar-refractivity contribution is 5.89. The third-order valence-electron chi connectivity index (χ3n) is 3.95. The van der Waals surface area contributed by atoms with Crippen LogP contribution in [0.3, 0.4) is 0 Å². The zero-order chi connectivity index (χ0) is 21.1. The lowest BCUT2D eigenvalue weighted by Crippen LogP contribution is -2.18. The van der Waals surface area contributed by atoms with Gasteiger partial charge in [0, 0.05) is 18.2 Å². The predicted molar refractivity (Wildman–Crippen MR) is 107 cm³/mol. The summed E-state index contributed by atoms with van der Waals surface area (Å²) in [5, 5.41) is 24.6. The van der Waals surface area contributed by atoms with Crippen molar-refractivity contribution in [3.8, 4) is 6.07 Å². The van der Waals surface area contributed by atoms with Crippen molar-refractivity contribution < 1.29 is 19.8 Å². The summed E-state index contributed by atoms with van der Waals surface area (Å²) in [6, 6.07) is 18.3. The first-order chi connectivity index (χ1) is 13.2. The molecule has 28 heavy (non-hydrogen) atoms. The number of carbonyl (C=O) groups is 2. The summed E-state index contributed by atoms with van der Waals surface area (Å²) in [6.07, 6.45) is 1.93. The minimum Gasteiger partial charge on any atom is -0.478 e. The van der Waals surface area contributed by atoms with E-state index in [-0.39, 0.29) is 6.04 Å². The molecule has 2 aromatic carbocycles. The number of carboxylic acid groups (broad SMARTS) is 2. The van der Waals surface area contributed by atoms with E-state index in [1.54, 1.807) is 0 Å². The van der Waals surface area contributed by atoms with Gasteiger partial charge in [0.2, 0.25) is 0 Å². The molecular weight excluding hydrogens is 356 g/mol. The molecule has 0 amide bonds. The summed E-state index contributed by atoms with van der Waals surface area (Å²) in [5.74, 6) is -2.11. The van der Waals surface area contributed by atoms with Crippen molar-refractivity contribution in [3.63, 3.8) is 0 Å². The van der Waals surface area contributed by atoms with E-state index in [0.29, 0.717) is 23.6 Å². The van der Waals surface area contributed by atoms with Gasteiger partial charge in [-0.15, -0.1) is 0 Å². The minimum atomic E-state index is -1.26. The van der Waals surface area contributed by atoms with Crippen molar-refractivity contribution in [1.82, 2.24) is 0 Å². The van der Waals surface area contributed by atoms with Gasteiger partial charge in [-0.25, -0.2) is 9.59 Å². The maximum Gasteiger partial charge on any atom is 0.328 e. The molecule has 146 valence electrons. The number of aliphatic carboxylic acids is 2. The van der Waals surface area contributed by atoms with E-state index < -0.39 is 11.9 Å². The van der Waals surface area contributed by atoms with Gasteiger partial charge in [0.15, 0.2) is 0 Å². The smallest absolute Gasteiger partial charge is 0.328 e. The lowest BCUT2D eigenvalue weighted by Gasteiger charge is -2.20. The van der Waals surface area contributed by atoms with Crippen molar-refractivity contribution in [2.75, 3.05) is 0 Å². The molecule has 6 nitrogen and oxygen atoms in total. The van der Waals surface area contributed by atoms with E-state index in [1.807, 2.05) is 30.3 Å². The number of nitrogens with two attached hydrogens (primary N) is 1. The van der Waals surface area contributed by atoms with E-state index in [9.17, 15) is 9.59 Å². The standard InChI is InChI=1S/C18H20N2.C4H4O4/c1-13(2)18(20)17-9-4-3-8-16(17)11-14-6-5-7-15(10-14)12-19;5-3(6)1-2-4(7)8/h3-10,13,18H,11,20H2,1-2H3;1-2H,(H,5,6)(H,7,8)/b;2-1+. The Kier molecular flexibility index (Phi) is 9.14. The highest BCUT2D eigenvalue weighted by Crippen LogP contribution is 2.24. The SMILES string of the molecule is CC(C)C(N)c1ccccc1Cc1cccc(C#N)c1.O=C(O)/C=C/C(=O)O. The number of nitrogens with zero attached hydrogens (tertiary/aromatic N) is 1. The molecule has 0 spiro atoms. The number of hydrogen-bond acceptors (Lipinski definition) is 4. The number of hydrogen-bond donors (Lipinski definition) is 3. The van der Waals surface area contributed by atoms with Crippen molar-refractivity contribution in [2.45, 2.75) is 26.3 Å². The van der Waals surface area contributed by atoms with Crippen LogP contribution in [0.5, 0.6) is 0 Å². The Morgan fingerprint density at radius 2 is 1.68 bits per heavy atom. The lowest BCUT2D eigenvalue weighted by atomic mass is 9.90. The molecule has 2 aromatic rings. The molecule has 0 aliphatic heterocycles. The van der Waals surface area contributed by atoms with Crippen LogP contribution in [0.2, 0.25) is 0 Å². The largest absolute Gasteiger partial charge is 0.478 e. The summed E-state index contributed by atoms with van der Waals surface area (Å²) in [4.78, 5) is 19.1. The summed E-state index contributed by atoms with van der Waals surface area (Å²) in [6.45, 7) is 4.27. The number of carboxylic acids is 2. The second-order valence-corrected chi connectivity index (χ2v) is 6.47. The van der Waals surface area contributed by atoms with E-state index in [0.717, 1.165) is 12.0 Å². The topological polar surface area (TPSA) is 124 Å². The van der Waals surface area contributed by atoms with Crippen molar-refractivity contribution in [1.29, 1.82) is 5.26 Å². The molecule has 0 saturated carbocycles. The Balaban J connectivity index is 0.000000416. The zero-order valence-corrected chi connectivity index (χ0v) is 15.9. The molecule has 0 heterocycles. The molecule has 0 fully saturated rings. The third-order valence-corrected chi connectivity index (χ3v) is 3.95. The molecule has 1 atom stereocenters. The molecule has 1 unspecified atom stereocenters. The van der Waals surface area contributed by atoms with Crippen LogP contribution in [0.4, 0.5) is 0 Å². The molecule has 4 N–H and O–H groups in total. The highest BCUT2D eigenvalue weighted by Gasteiger charge is 2.14. The Bertz CT molecular complexity index is 866. The number of rotatable bonds is 6. The Hall–Kier alpha value is -3.43. The second-order valence-electron chi connectivity index (χ2n) is 6.47. The van der Waals surface area contributed by atoms with Gasteiger partial charge in [-0.1, -0.05) is 50.2 Å². The average molecular weight is 380 g/mol. The maximum atomic E-state index is 9.55. The van der Waals surface area contributed by atoms with Crippen molar-refractivity contribution in [3.05, 3.63) is 82.9 Å². The molecule has 0 aliphatic carbocycles. The lowest BCUT2D eigenvalue weighted by molar-refractivity contribution is -0.134. The van der Waals surface area contributed by atoms with Crippen LogP contribution in [0, 0.1) is 17.2 Å². The Morgan fingerprint density at radius 1 is 1.07 bits per heavy atom. The third kappa shape index (κ3) is 7.85. The molecule has 2 rings (SSSR count). The van der Waals surface area contributed by atoms with Crippen LogP contribution in [-0.4, -0.2) is 22.2 Å². The molecule has 0 saturated heterocycles. The van der Waals surface area contributed by atoms with Crippen molar-refractivity contribution in [2.24, 2.45) is 11.7 Å². The van der Waals surface area contributed by atoms with Gasteiger partial charge < -0.3 is 15.9 Å². The fraction of sp³-hybridized carbons (Fsp3) is 0.227. The molecule has 0 bridgehead atoms. The van der Waals surface area contributed by atoms with Gasteiger partial charge in [0.1, 0.15) is 0 Å². The fourth-order valence-electron chi connectivity index (χ4n) is 2.49. The molecular formula is C22H24N2O4. The first kappa shape index (κ1) is 22.6. The summed E-state index contributed by atoms with van der Waals surface area (Å²) in [7, 11) is 0.